The molecule has 4 atom stereocenters. The monoisotopic (exact) mass is 438 g/mol. The molecule has 4 N–H and O–H groups in total. The molecule has 3 amide bonds. The van der Waals surface area contributed by atoms with Gasteiger partial charge < -0.3 is 25.6 Å². The lowest BCUT2D eigenvalue weighted by molar-refractivity contribution is -0.138. The summed E-state index contributed by atoms with van der Waals surface area (Å²) in [4.78, 5) is 50.9. The Morgan fingerprint density at radius 2 is 1.61 bits per heavy atom. The quantitative estimate of drug-likeness (QED) is 0.302. The maximum atomic E-state index is 13.0. The lowest BCUT2D eigenvalue weighted by Gasteiger charge is -2.31. The first-order valence-electron chi connectivity index (χ1n) is 11.3. The van der Waals surface area contributed by atoms with Crippen LogP contribution >= 0.6 is 0 Å². The van der Waals surface area contributed by atoms with Gasteiger partial charge in [-0.3, -0.25) is 14.4 Å². The van der Waals surface area contributed by atoms with Gasteiger partial charge in [0, 0.05) is 6.54 Å². The topological polar surface area (TPSA) is 148 Å². The Morgan fingerprint density at radius 1 is 0.968 bits per heavy atom. The first-order chi connectivity index (χ1) is 14.7. The number of nitroso groups, excluding NO2 is 1. The molecule has 2 fully saturated rings. The van der Waals surface area contributed by atoms with Crippen molar-refractivity contribution in [3.8, 4) is 0 Å². The zero-order chi connectivity index (χ0) is 23.1. The fourth-order valence-corrected chi connectivity index (χ4v) is 4.51. The number of rotatable bonds is 9. The molecule has 0 radical (unpaired) electrons. The third-order valence-corrected chi connectivity index (χ3v) is 6.39. The standard InChI is InChI=1S/C20H35BN4O6/c1-12(2)16(20(28)25-11-7-10-15(25)21(29)30)23-18(26)13(3)22-19(27)17(24-31)14-8-5-4-6-9-14/h12-17,29-30H,4-11H2,1-3H3,(H,22,27)(H,23,26)/t13-,15-,16-,17-/m0/s1. The molecular formula is C20H35BN4O6. The van der Waals surface area contributed by atoms with E-state index in [4.69, 9.17) is 0 Å². The summed E-state index contributed by atoms with van der Waals surface area (Å²) in [6, 6.07) is -2.84. The van der Waals surface area contributed by atoms with Crippen LogP contribution in [0.4, 0.5) is 0 Å². The average Bonchev–Trinajstić information content (AvgIpc) is 3.22. The SMILES string of the molecule is CC(C)[C@H](NC(=O)[C@H](C)NC(=O)[C@@H](N=O)C1CCCCC1)C(=O)N1CCC[C@H]1B(O)O. The summed E-state index contributed by atoms with van der Waals surface area (Å²) in [5.74, 6) is -2.55. The second-order valence-corrected chi connectivity index (χ2v) is 9.06. The largest absolute Gasteiger partial charge is 0.475 e. The third-order valence-electron chi connectivity index (χ3n) is 6.39. The van der Waals surface area contributed by atoms with Gasteiger partial charge in [0.2, 0.25) is 17.7 Å². The molecule has 1 saturated heterocycles. The predicted molar refractivity (Wildman–Crippen MR) is 115 cm³/mol. The zero-order valence-electron chi connectivity index (χ0n) is 18.6. The summed E-state index contributed by atoms with van der Waals surface area (Å²) < 4.78 is 0. The molecule has 0 aromatic heterocycles. The molecule has 0 aromatic carbocycles. The summed E-state index contributed by atoms with van der Waals surface area (Å²) in [7, 11) is -1.64. The third kappa shape index (κ3) is 6.49. The van der Waals surface area contributed by atoms with Gasteiger partial charge in [-0.2, -0.15) is 0 Å². The van der Waals surface area contributed by atoms with Crippen molar-refractivity contribution in [3.63, 3.8) is 0 Å². The van der Waals surface area contributed by atoms with Crippen molar-refractivity contribution < 1.29 is 24.4 Å². The van der Waals surface area contributed by atoms with Crippen LogP contribution in [0.25, 0.3) is 0 Å². The van der Waals surface area contributed by atoms with E-state index in [0.717, 1.165) is 32.1 Å². The molecule has 0 unspecified atom stereocenters. The summed E-state index contributed by atoms with van der Waals surface area (Å²) in [5.41, 5.74) is 0. The number of nitrogens with one attached hydrogen (secondary N) is 2. The maximum absolute atomic E-state index is 13.0. The summed E-state index contributed by atoms with van der Waals surface area (Å²) in [5, 5.41) is 27.3. The van der Waals surface area contributed by atoms with E-state index in [2.05, 4.69) is 15.8 Å². The molecule has 1 saturated carbocycles. The van der Waals surface area contributed by atoms with Gasteiger partial charge in [0.25, 0.3) is 0 Å². The summed E-state index contributed by atoms with van der Waals surface area (Å²) in [6.45, 7) is 5.44. The number of likely N-dealkylation sites (tertiary alicyclic amines) is 1. The van der Waals surface area contributed by atoms with Gasteiger partial charge >= 0.3 is 7.12 Å². The number of hydrogen-bond acceptors (Lipinski definition) is 7. The van der Waals surface area contributed by atoms with Gasteiger partial charge in [0.1, 0.15) is 12.1 Å². The Kier molecular flexibility index (Phi) is 9.42. The molecule has 11 heteroatoms. The first-order valence-corrected chi connectivity index (χ1v) is 11.3. The van der Waals surface area contributed by atoms with Crippen LogP contribution in [0.2, 0.25) is 0 Å². The Hall–Kier alpha value is -2.01. The predicted octanol–water partition coefficient (Wildman–Crippen LogP) is 0.350. The van der Waals surface area contributed by atoms with E-state index < -0.39 is 43.0 Å². The summed E-state index contributed by atoms with van der Waals surface area (Å²) in [6.07, 6.45) is 5.66. The number of carbonyl (C=O) groups excluding carboxylic acids is 3. The van der Waals surface area contributed by atoms with Crippen LogP contribution in [0.3, 0.4) is 0 Å². The van der Waals surface area contributed by atoms with Crippen LogP contribution in [-0.4, -0.2) is 70.4 Å². The van der Waals surface area contributed by atoms with E-state index in [1.165, 1.54) is 11.8 Å². The first kappa shape index (κ1) is 25.3. The normalized spacial score (nSPS) is 22.5. The minimum atomic E-state index is -1.64. The van der Waals surface area contributed by atoms with E-state index in [1.807, 2.05) is 0 Å². The summed E-state index contributed by atoms with van der Waals surface area (Å²) >= 11 is 0. The van der Waals surface area contributed by atoms with Crippen molar-refractivity contribution in [1.29, 1.82) is 0 Å². The van der Waals surface area contributed by atoms with Crippen LogP contribution in [-0.2, 0) is 14.4 Å². The Balaban J connectivity index is 1.98. The Morgan fingerprint density at radius 3 is 2.16 bits per heavy atom. The van der Waals surface area contributed by atoms with E-state index in [9.17, 15) is 29.3 Å². The zero-order valence-corrected chi connectivity index (χ0v) is 18.6. The lowest BCUT2D eigenvalue weighted by atomic mass is 9.77. The Labute approximate surface area is 183 Å². The van der Waals surface area contributed by atoms with Crippen molar-refractivity contribution in [2.45, 2.75) is 89.8 Å². The molecule has 2 aliphatic rings. The van der Waals surface area contributed by atoms with Crippen molar-refractivity contribution >= 4 is 24.8 Å². The second kappa shape index (κ2) is 11.6. The van der Waals surface area contributed by atoms with Crippen LogP contribution in [0.15, 0.2) is 5.18 Å². The Bertz CT molecular complexity index is 656. The van der Waals surface area contributed by atoms with E-state index >= 15 is 0 Å². The fraction of sp³-hybridized carbons (Fsp3) is 0.850. The van der Waals surface area contributed by atoms with Crippen LogP contribution in [0, 0.1) is 16.7 Å². The molecule has 0 spiro atoms. The van der Waals surface area contributed by atoms with Gasteiger partial charge in [0.05, 0.1) is 5.94 Å². The lowest BCUT2D eigenvalue weighted by Crippen LogP contribution is -2.58. The van der Waals surface area contributed by atoms with Gasteiger partial charge in [-0.1, -0.05) is 38.3 Å². The van der Waals surface area contributed by atoms with Gasteiger partial charge in [-0.15, -0.1) is 4.91 Å². The highest BCUT2D eigenvalue weighted by molar-refractivity contribution is 6.43. The molecule has 0 aromatic rings. The number of amides is 3. The fourth-order valence-electron chi connectivity index (χ4n) is 4.51. The molecule has 0 bridgehead atoms. The molecular weight excluding hydrogens is 403 g/mol. The van der Waals surface area contributed by atoms with Crippen molar-refractivity contribution in [2.75, 3.05) is 6.54 Å². The highest BCUT2D eigenvalue weighted by atomic mass is 16.4. The van der Waals surface area contributed by atoms with Crippen molar-refractivity contribution in [1.82, 2.24) is 15.5 Å². The van der Waals surface area contributed by atoms with E-state index in [1.54, 1.807) is 13.8 Å². The minimum Gasteiger partial charge on any atom is -0.426 e. The average molecular weight is 438 g/mol. The minimum absolute atomic E-state index is 0.108. The molecule has 174 valence electrons. The van der Waals surface area contributed by atoms with E-state index in [-0.39, 0.29) is 17.7 Å². The molecule has 2 rings (SSSR count). The van der Waals surface area contributed by atoms with Crippen LogP contribution in [0.5, 0.6) is 0 Å². The van der Waals surface area contributed by atoms with E-state index in [0.29, 0.717) is 19.4 Å². The highest BCUT2D eigenvalue weighted by Gasteiger charge is 2.41. The maximum Gasteiger partial charge on any atom is 0.475 e. The van der Waals surface area contributed by atoms with Gasteiger partial charge in [-0.25, -0.2) is 0 Å². The molecule has 31 heavy (non-hydrogen) atoms. The smallest absolute Gasteiger partial charge is 0.426 e. The second-order valence-electron chi connectivity index (χ2n) is 9.06. The van der Waals surface area contributed by atoms with Gasteiger partial charge in [-0.05, 0) is 44.4 Å². The van der Waals surface area contributed by atoms with Crippen LogP contribution in [0.1, 0.15) is 65.7 Å². The molecule has 10 nitrogen and oxygen atoms in total. The van der Waals surface area contributed by atoms with Gasteiger partial charge in [0.15, 0.2) is 6.04 Å². The highest BCUT2D eigenvalue weighted by Crippen LogP contribution is 2.28. The van der Waals surface area contributed by atoms with Crippen molar-refractivity contribution in [2.24, 2.45) is 17.0 Å². The molecule has 1 heterocycles. The van der Waals surface area contributed by atoms with Crippen LogP contribution < -0.4 is 10.6 Å². The number of hydrogen-bond donors (Lipinski definition) is 4. The number of carbonyl (C=O) groups is 3. The molecule has 1 aliphatic carbocycles. The molecule has 1 aliphatic heterocycles. The number of nitrogens with zero attached hydrogens (tertiary/aromatic N) is 2. The van der Waals surface area contributed by atoms with Crippen molar-refractivity contribution in [3.05, 3.63) is 4.91 Å².